The monoisotopic (exact) mass is 537 g/mol. The highest BCUT2D eigenvalue weighted by Gasteiger charge is 2.41. The molecule has 30 heavy (non-hydrogen) atoms. The maximum atomic E-state index is 12.9. The number of fused-ring (bicyclic) bond motifs is 1. The van der Waals surface area contributed by atoms with E-state index in [-0.39, 0.29) is 11.8 Å². The number of likely N-dealkylation sites (tertiary alicyclic amines) is 2. The van der Waals surface area contributed by atoms with Crippen LogP contribution in [-0.4, -0.2) is 54.3 Å². The van der Waals surface area contributed by atoms with Crippen molar-refractivity contribution in [2.75, 3.05) is 38.0 Å². The molecule has 2 atom stereocenters. The van der Waals surface area contributed by atoms with Crippen molar-refractivity contribution in [2.24, 2.45) is 11.8 Å². The molecule has 5 nitrogen and oxygen atoms in total. The number of carbonyl (C=O) groups excluding carboxylic acids is 2. The van der Waals surface area contributed by atoms with E-state index >= 15 is 0 Å². The minimum absolute atomic E-state index is 0.00226. The lowest BCUT2D eigenvalue weighted by molar-refractivity contribution is -0.116. The van der Waals surface area contributed by atoms with Gasteiger partial charge in [0.15, 0.2) is 0 Å². The first-order valence-corrected chi connectivity index (χ1v) is 11.7. The van der Waals surface area contributed by atoms with Gasteiger partial charge in [-0.25, -0.2) is 0 Å². The number of halogens is 2. The lowest BCUT2D eigenvalue weighted by Gasteiger charge is -2.22. The van der Waals surface area contributed by atoms with Crippen LogP contribution < -0.4 is 5.32 Å². The molecule has 0 aromatic heterocycles. The lowest BCUT2D eigenvalue weighted by Crippen LogP contribution is -2.34. The Balaban J connectivity index is 1.24. The Morgan fingerprint density at radius 2 is 1.80 bits per heavy atom. The summed E-state index contributed by atoms with van der Waals surface area (Å²) in [6.45, 7) is 6.18. The van der Waals surface area contributed by atoms with Gasteiger partial charge in [0.25, 0.3) is 5.91 Å². The average Bonchev–Trinajstić information content (AvgIpc) is 3.28. The fraction of sp³-hybridized carbons (Fsp3) is 0.391. The van der Waals surface area contributed by atoms with Crippen LogP contribution in [0.3, 0.4) is 0 Å². The van der Waals surface area contributed by atoms with E-state index in [4.69, 9.17) is 11.6 Å². The van der Waals surface area contributed by atoms with E-state index in [1.54, 1.807) is 6.07 Å². The SMILES string of the molecule is Cc1ccc(NC(=O)CCN2CC3CN(C(=O)c4ccccc4I)CC3C2)cc1Cl. The summed E-state index contributed by atoms with van der Waals surface area (Å²) in [7, 11) is 0. The molecule has 158 valence electrons. The Bertz CT molecular complexity index is 953. The first kappa shape index (κ1) is 21.6. The van der Waals surface area contributed by atoms with Crippen molar-refractivity contribution >= 4 is 51.7 Å². The van der Waals surface area contributed by atoms with Crippen molar-refractivity contribution < 1.29 is 9.59 Å². The van der Waals surface area contributed by atoms with Crippen LogP contribution in [0, 0.1) is 22.3 Å². The van der Waals surface area contributed by atoms with Crippen LogP contribution in [0.15, 0.2) is 42.5 Å². The third-order valence-electron chi connectivity index (χ3n) is 6.06. The molecular weight excluding hydrogens is 513 g/mol. The van der Waals surface area contributed by atoms with E-state index in [0.29, 0.717) is 23.3 Å². The van der Waals surface area contributed by atoms with Crippen LogP contribution in [0.25, 0.3) is 0 Å². The number of hydrogen-bond acceptors (Lipinski definition) is 3. The molecular formula is C23H25ClIN3O2. The van der Waals surface area contributed by atoms with Crippen molar-refractivity contribution in [1.82, 2.24) is 9.80 Å². The molecule has 2 aromatic carbocycles. The summed E-state index contributed by atoms with van der Waals surface area (Å²) in [6, 6.07) is 13.3. The Kier molecular flexibility index (Phi) is 6.65. The predicted molar refractivity (Wildman–Crippen MR) is 128 cm³/mol. The molecule has 2 fully saturated rings. The van der Waals surface area contributed by atoms with Crippen LogP contribution in [0.4, 0.5) is 5.69 Å². The summed E-state index contributed by atoms with van der Waals surface area (Å²) in [5.74, 6) is 1.13. The minimum atomic E-state index is 0.00226. The van der Waals surface area contributed by atoms with Crippen LogP contribution in [-0.2, 0) is 4.79 Å². The molecule has 0 bridgehead atoms. The van der Waals surface area contributed by atoms with Gasteiger partial charge in [-0.3, -0.25) is 9.59 Å². The van der Waals surface area contributed by atoms with Crippen LogP contribution in [0.2, 0.25) is 5.02 Å². The van der Waals surface area contributed by atoms with E-state index < -0.39 is 0 Å². The summed E-state index contributed by atoms with van der Waals surface area (Å²) in [6.07, 6.45) is 0.454. The zero-order valence-corrected chi connectivity index (χ0v) is 19.8. The quantitative estimate of drug-likeness (QED) is 0.579. The molecule has 1 N–H and O–H groups in total. The van der Waals surface area contributed by atoms with E-state index in [2.05, 4.69) is 32.8 Å². The normalized spacial score (nSPS) is 21.0. The van der Waals surface area contributed by atoms with Crippen molar-refractivity contribution in [1.29, 1.82) is 0 Å². The summed E-state index contributed by atoms with van der Waals surface area (Å²) < 4.78 is 1.000. The van der Waals surface area contributed by atoms with Crippen molar-refractivity contribution in [3.05, 3.63) is 62.2 Å². The molecule has 7 heteroatoms. The summed E-state index contributed by atoms with van der Waals surface area (Å²) in [5, 5.41) is 3.58. The molecule has 0 saturated carbocycles. The maximum Gasteiger partial charge on any atom is 0.254 e. The van der Waals surface area contributed by atoms with Crippen LogP contribution in [0.5, 0.6) is 0 Å². The molecule has 2 amide bonds. The topological polar surface area (TPSA) is 52.7 Å². The molecule has 2 unspecified atom stereocenters. The Hall–Kier alpha value is -1.64. The Morgan fingerprint density at radius 1 is 1.10 bits per heavy atom. The number of benzene rings is 2. The second kappa shape index (κ2) is 9.24. The number of nitrogens with one attached hydrogen (secondary N) is 1. The second-order valence-electron chi connectivity index (χ2n) is 8.23. The molecule has 2 aromatic rings. The first-order chi connectivity index (χ1) is 14.4. The van der Waals surface area contributed by atoms with Crippen molar-refractivity contribution in [2.45, 2.75) is 13.3 Å². The highest BCUT2D eigenvalue weighted by atomic mass is 127. The first-order valence-electron chi connectivity index (χ1n) is 10.2. The van der Waals surface area contributed by atoms with Gasteiger partial charge in [0, 0.05) is 53.4 Å². The number of anilines is 1. The largest absolute Gasteiger partial charge is 0.338 e. The molecule has 2 aliphatic heterocycles. The van der Waals surface area contributed by atoms with Gasteiger partial charge in [-0.05, 0) is 71.2 Å². The fourth-order valence-electron chi connectivity index (χ4n) is 4.40. The maximum absolute atomic E-state index is 12.9. The van der Waals surface area contributed by atoms with E-state index in [9.17, 15) is 9.59 Å². The number of nitrogens with zero attached hydrogens (tertiary/aromatic N) is 2. The molecule has 4 rings (SSSR count). The van der Waals surface area contributed by atoms with E-state index in [1.807, 2.05) is 48.2 Å². The minimum Gasteiger partial charge on any atom is -0.338 e. The fourth-order valence-corrected chi connectivity index (χ4v) is 5.20. The molecule has 2 aliphatic rings. The predicted octanol–water partition coefficient (Wildman–Crippen LogP) is 4.29. The van der Waals surface area contributed by atoms with Gasteiger partial charge in [0.05, 0.1) is 5.56 Å². The smallest absolute Gasteiger partial charge is 0.254 e. The van der Waals surface area contributed by atoms with Crippen molar-refractivity contribution in [3.8, 4) is 0 Å². The van der Waals surface area contributed by atoms with Crippen LogP contribution >= 0.6 is 34.2 Å². The standard InChI is InChI=1S/C23H25ClIN3O2/c1-15-6-7-18(10-20(15)24)26-22(29)8-9-27-11-16-13-28(14-17(16)12-27)23(30)19-4-2-3-5-21(19)25/h2-7,10,16-17H,8-9,11-14H2,1H3,(H,26,29). The Labute approximate surface area is 195 Å². The summed E-state index contributed by atoms with van der Waals surface area (Å²) in [4.78, 5) is 29.5. The summed E-state index contributed by atoms with van der Waals surface area (Å²) in [5.41, 5.74) is 2.52. The highest BCUT2D eigenvalue weighted by Crippen LogP contribution is 2.32. The number of rotatable bonds is 5. The number of carbonyl (C=O) groups is 2. The van der Waals surface area contributed by atoms with Crippen LogP contribution in [0.1, 0.15) is 22.3 Å². The van der Waals surface area contributed by atoms with E-state index in [1.165, 1.54) is 0 Å². The number of aryl methyl sites for hydroxylation is 1. The summed E-state index contributed by atoms with van der Waals surface area (Å²) >= 11 is 8.35. The highest BCUT2D eigenvalue weighted by molar-refractivity contribution is 14.1. The molecule has 0 aliphatic carbocycles. The van der Waals surface area contributed by atoms with Gasteiger partial charge in [-0.15, -0.1) is 0 Å². The molecule has 2 saturated heterocycles. The third-order valence-corrected chi connectivity index (χ3v) is 7.41. The van der Waals surface area contributed by atoms with E-state index in [0.717, 1.165) is 53.1 Å². The molecule has 2 heterocycles. The lowest BCUT2D eigenvalue weighted by atomic mass is 10.0. The zero-order valence-electron chi connectivity index (χ0n) is 16.9. The number of amides is 2. The number of hydrogen-bond donors (Lipinski definition) is 1. The van der Waals surface area contributed by atoms with Gasteiger partial charge in [-0.1, -0.05) is 29.8 Å². The van der Waals surface area contributed by atoms with Gasteiger partial charge >= 0.3 is 0 Å². The van der Waals surface area contributed by atoms with Gasteiger partial charge in [-0.2, -0.15) is 0 Å². The average molecular weight is 538 g/mol. The Morgan fingerprint density at radius 3 is 2.47 bits per heavy atom. The van der Waals surface area contributed by atoms with Crippen molar-refractivity contribution in [3.63, 3.8) is 0 Å². The zero-order chi connectivity index (χ0) is 21.3. The van der Waals surface area contributed by atoms with Gasteiger partial charge in [0.2, 0.25) is 5.91 Å². The molecule has 0 radical (unpaired) electrons. The van der Waals surface area contributed by atoms with Gasteiger partial charge in [0.1, 0.15) is 0 Å². The molecule has 0 spiro atoms. The van der Waals surface area contributed by atoms with Gasteiger partial charge < -0.3 is 15.1 Å². The second-order valence-corrected chi connectivity index (χ2v) is 9.80. The third kappa shape index (κ3) is 4.81.